The average molecular weight is 398 g/mol. The van der Waals surface area contributed by atoms with Gasteiger partial charge in [0.1, 0.15) is 11.6 Å². The molecule has 1 heterocycles. The highest BCUT2D eigenvalue weighted by Crippen LogP contribution is 2.15. The molecule has 0 spiro atoms. The number of anilines is 1. The van der Waals surface area contributed by atoms with Crippen molar-refractivity contribution in [3.05, 3.63) is 70.0 Å². The van der Waals surface area contributed by atoms with Crippen molar-refractivity contribution in [1.82, 2.24) is 14.9 Å². The molecule has 0 saturated heterocycles. The molecule has 0 aliphatic rings. The Kier molecular flexibility index (Phi) is 6.69. The van der Waals surface area contributed by atoms with E-state index in [9.17, 15) is 14.0 Å². The third-order valence-electron chi connectivity index (χ3n) is 4.41. The van der Waals surface area contributed by atoms with E-state index in [0.717, 1.165) is 5.56 Å². The van der Waals surface area contributed by atoms with Crippen molar-refractivity contribution in [2.45, 2.75) is 13.5 Å². The minimum absolute atomic E-state index is 0.00673. The number of halogens is 1. The highest BCUT2D eigenvalue weighted by molar-refractivity contribution is 5.92. The maximum absolute atomic E-state index is 14.0. The number of fused-ring (bicyclic) bond motifs is 1. The van der Waals surface area contributed by atoms with Gasteiger partial charge in [-0.15, -0.1) is 0 Å². The Labute approximate surface area is 167 Å². The second-order valence-corrected chi connectivity index (χ2v) is 6.76. The van der Waals surface area contributed by atoms with Gasteiger partial charge in [-0.1, -0.05) is 18.2 Å². The van der Waals surface area contributed by atoms with Crippen LogP contribution >= 0.6 is 0 Å². The van der Waals surface area contributed by atoms with E-state index in [1.54, 1.807) is 43.2 Å². The second kappa shape index (κ2) is 9.40. The molecule has 0 aliphatic carbocycles. The molecule has 0 atom stereocenters. The van der Waals surface area contributed by atoms with Crippen molar-refractivity contribution in [2.24, 2.45) is 0 Å². The van der Waals surface area contributed by atoms with Crippen LogP contribution in [0, 0.1) is 12.7 Å². The van der Waals surface area contributed by atoms with Crippen molar-refractivity contribution in [3.63, 3.8) is 0 Å². The van der Waals surface area contributed by atoms with E-state index in [4.69, 9.17) is 4.74 Å². The Bertz CT molecular complexity index is 1070. The summed E-state index contributed by atoms with van der Waals surface area (Å²) in [7, 11) is 1.57. The fourth-order valence-corrected chi connectivity index (χ4v) is 2.97. The number of carbonyl (C=O) groups is 1. The van der Waals surface area contributed by atoms with Crippen molar-refractivity contribution in [3.8, 4) is 0 Å². The van der Waals surface area contributed by atoms with Gasteiger partial charge in [0.15, 0.2) is 0 Å². The monoisotopic (exact) mass is 398 g/mol. The van der Waals surface area contributed by atoms with Crippen LogP contribution in [0.4, 0.5) is 10.1 Å². The number of para-hydroxylation sites is 1. The van der Waals surface area contributed by atoms with Gasteiger partial charge in [-0.2, -0.15) is 0 Å². The molecule has 0 unspecified atom stereocenters. The average Bonchev–Trinajstić information content (AvgIpc) is 2.68. The van der Waals surface area contributed by atoms with Gasteiger partial charge in [-0.25, -0.2) is 9.37 Å². The molecule has 7 nitrogen and oxygen atoms in total. The summed E-state index contributed by atoms with van der Waals surface area (Å²) in [6, 6.07) is 11.7. The number of nitrogens with one attached hydrogen (secondary N) is 2. The SMILES string of the molecule is COCCN(CC(=O)Nc1ccc(C)cc1F)Cc1nc2ccccc2c(=O)[nH]1. The third-order valence-corrected chi connectivity index (χ3v) is 4.41. The Morgan fingerprint density at radius 1 is 1.28 bits per heavy atom. The fourth-order valence-electron chi connectivity index (χ4n) is 2.97. The minimum Gasteiger partial charge on any atom is -0.383 e. The summed E-state index contributed by atoms with van der Waals surface area (Å²) < 4.78 is 19.1. The molecule has 29 heavy (non-hydrogen) atoms. The van der Waals surface area contributed by atoms with Gasteiger partial charge in [-0.3, -0.25) is 14.5 Å². The molecule has 3 rings (SSSR count). The maximum Gasteiger partial charge on any atom is 0.258 e. The lowest BCUT2D eigenvalue weighted by Gasteiger charge is -2.21. The summed E-state index contributed by atoms with van der Waals surface area (Å²) in [6.45, 7) is 2.85. The summed E-state index contributed by atoms with van der Waals surface area (Å²) in [5, 5.41) is 3.09. The summed E-state index contributed by atoms with van der Waals surface area (Å²) in [4.78, 5) is 33.7. The number of nitrogens with zero attached hydrogens (tertiary/aromatic N) is 2. The fraction of sp³-hybridized carbons (Fsp3) is 0.286. The number of methoxy groups -OCH3 is 1. The Hall–Kier alpha value is -3.10. The molecule has 2 N–H and O–H groups in total. The zero-order valence-electron chi connectivity index (χ0n) is 16.4. The summed E-state index contributed by atoms with van der Waals surface area (Å²) in [6.07, 6.45) is 0. The van der Waals surface area contributed by atoms with Crippen molar-refractivity contribution in [1.29, 1.82) is 0 Å². The topological polar surface area (TPSA) is 87.3 Å². The Morgan fingerprint density at radius 3 is 2.83 bits per heavy atom. The maximum atomic E-state index is 14.0. The zero-order valence-corrected chi connectivity index (χ0v) is 16.4. The lowest BCUT2D eigenvalue weighted by Crippen LogP contribution is -2.36. The van der Waals surface area contributed by atoms with E-state index in [1.807, 2.05) is 6.07 Å². The number of aryl methyl sites for hydroxylation is 1. The first kappa shape index (κ1) is 20.6. The number of benzene rings is 2. The summed E-state index contributed by atoms with van der Waals surface area (Å²) in [5.41, 5.74) is 1.26. The van der Waals surface area contributed by atoms with Gasteiger partial charge < -0.3 is 15.0 Å². The highest BCUT2D eigenvalue weighted by Gasteiger charge is 2.15. The molecular weight excluding hydrogens is 375 g/mol. The number of carbonyl (C=O) groups excluding carboxylic acids is 1. The first-order valence-electron chi connectivity index (χ1n) is 9.21. The van der Waals surface area contributed by atoms with E-state index in [1.165, 1.54) is 12.1 Å². The van der Waals surface area contributed by atoms with E-state index in [-0.39, 0.29) is 30.2 Å². The molecule has 0 fully saturated rings. The number of amides is 1. The number of ether oxygens (including phenoxy) is 1. The molecule has 152 valence electrons. The van der Waals surface area contributed by atoms with E-state index >= 15 is 0 Å². The second-order valence-electron chi connectivity index (χ2n) is 6.76. The molecule has 8 heteroatoms. The van der Waals surface area contributed by atoms with E-state index in [2.05, 4.69) is 15.3 Å². The van der Waals surface area contributed by atoms with Crippen LogP contribution in [0.3, 0.4) is 0 Å². The zero-order chi connectivity index (χ0) is 20.8. The number of hydrogen-bond acceptors (Lipinski definition) is 5. The predicted molar refractivity (Wildman–Crippen MR) is 109 cm³/mol. The number of aromatic nitrogens is 2. The van der Waals surface area contributed by atoms with Crippen LogP contribution in [0.25, 0.3) is 10.9 Å². The van der Waals surface area contributed by atoms with E-state index in [0.29, 0.717) is 29.9 Å². The van der Waals surface area contributed by atoms with Gasteiger partial charge in [0.2, 0.25) is 5.91 Å². The van der Waals surface area contributed by atoms with Gasteiger partial charge in [-0.05, 0) is 36.8 Å². The van der Waals surface area contributed by atoms with Crippen LogP contribution in [0.15, 0.2) is 47.3 Å². The first-order valence-corrected chi connectivity index (χ1v) is 9.21. The van der Waals surface area contributed by atoms with Crippen molar-refractivity contribution < 1.29 is 13.9 Å². The van der Waals surface area contributed by atoms with Gasteiger partial charge >= 0.3 is 0 Å². The van der Waals surface area contributed by atoms with Gasteiger partial charge in [0.25, 0.3) is 5.56 Å². The van der Waals surface area contributed by atoms with Crippen LogP contribution in [0.1, 0.15) is 11.4 Å². The third kappa shape index (κ3) is 5.46. The molecule has 0 saturated carbocycles. The summed E-state index contributed by atoms with van der Waals surface area (Å²) >= 11 is 0. The van der Waals surface area contributed by atoms with Crippen LogP contribution in [0.5, 0.6) is 0 Å². The number of hydrogen-bond donors (Lipinski definition) is 2. The Morgan fingerprint density at radius 2 is 2.07 bits per heavy atom. The normalized spacial score (nSPS) is 11.2. The largest absolute Gasteiger partial charge is 0.383 e. The summed E-state index contributed by atoms with van der Waals surface area (Å²) in [5.74, 6) is -0.409. The van der Waals surface area contributed by atoms with Crippen LogP contribution in [-0.4, -0.2) is 47.6 Å². The molecule has 2 aromatic carbocycles. The molecule has 3 aromatic rings. The molecule has 0 radical (unpaired) electrons. The van der Waals surface area contributed by atoms with Crippen molar-refractivity contribution >= 4 is 22.5 Å². The van der Waals surface area contributed by atoms with Crippen LogP contribution in [0.2, 0.25) is 0 Å². The molecule has 0 bridgehead atoms. The lowest BCUT2D eigenvalue weighted by atomic mass is 10.2. The van der Waals surface area contributed by atoms with E-state index < -0.39 is 5.82 Å². The number of aromatic amines is 1. The predicted octanol–water partition coefficient (Wildman–Crippen LogP) is 2.46. The smallest absolute Gasteiger partial charge is 0.258 e. The number of H-pyrrole nitrogens is 1. The lowest BCUT2D eigenvalue weighted by molar-refractivity contribution is -0.117. The molecular formula is C21H23FN4O3. The molecule has 1 amide bonds. The van der Waals surface area contributed by atoms with Crippen LogP contribution < -0.4 is 10.9 Å². The first-order chi connectivity index (χ1) is 14.0. The quantitative estimate of drug-likeness (QED) is 0.609. The van der Waals surface area contributed by atoms with Gasteiger partial charge in [0.05, 0.1) is 36.3 Å². The Balaban J connectivity index is 1.74. The standard InChI is InChI=1S/C21H23FN4O3/c1-14-7-8-18(16(22)11-14)24-20(27)13-26(9-10-29-2)12-19-23-17-6-4-3-5-15(17)21(28)25-19/h3-8,11H,9-10,12-13H2,1-2H3,(H,24,27)(H,23,25,28). The van der Waals surface area contributed by atoms with Gasteiger partial charge in [0, 0.05) is 13.7 Å². The number of rotatable bonds is 8. The highest BCUT2D eigenvalue weighted by atomic mass is 19.1. The minimum atomic E-state index is -0.484. The van der Waals surface area contributed by atoms with Crippen LogP contribution in [-0.2, 0) is 16.1 Å². The molecule has 1 aromatic heterocycles. The molecule has 0 aliphatic heterocycles. The van der Waals surface area contributed by atoms with Crippen molar-refractivity contribution in [2.75, 3.05) is 32.1 Å².